The number of aromatic nitrogens is 3. The van der Waals surface area contributed by atoms with Gasteiger partial charge in [-0.3, -0.25) is 9.59 Å². The summed E-state index contributed by atoms with van der Waals surface area (Å²) in [5.41, 5.74) is 2.14. The van der Waals surface area contributed by atoms with Gasteiger partial charge in [-0.05, 0) is 36.8 Å². The van der Waals surface area contributed by atoms with Crippen molar-refractivity contribution in [3.8, 4) is 0 Å². The molecule has 0 aliphatic rings. The van der Waals surface area contributed by atoms with Crippen LogP contribution in [0.2, 0.25) is 5.02 Å². The summed E-state index contributed by atoms with van der Waals surface area (Å²) in [6, 6.07) is 14.3. The van der Waals surface area contributed by atoms with E-state index in [9.17, 15) is 9.59 Å². The molecular weight excluding hydrogens is 434 g/mol. The molecule has 0 bridgehead atoms. The van der Waals surface area contributed by atoms with Crippen LogP contribution < -0.4 is 10.6 Å². The number of nitrogens with zero attached hydrogens (tertiary/aromatic N) is 3. The molecule has 0 saturated carbocycles. The average molecular weight is 456 g/mol. The minimum Gasteiger partial charge on any atom is -0.345 e. The van der Waals surface area contributed by atoms with E-state index in [4.69, 9.17) is 11.6 Å². The van der Waals surface area contributed by atoms with E-state index in [0.717, 1.165) is 5.56 Å². The summed E-state index contributed by atoms with van der Waals surface area (Å²) in [7, 11) is 0. The van der Waals surface area contributed by atoms with Crippen LogP contribution in [0.15, 0.2) is 66.3 Å². The highest BCUT2D eigenvalue weighted by Gasteiger charge is 2.15. The summed E-state index contributed by atoms with van der Waals surface area (Å²) in [5.74, 6) is 0.368. The minimum atomic E-state index is -0.185. The van der Waals surface area contributed by atoms with Crippen molar-refractivity contribution in [1.82, 2.24) is 20.1 Å². The van der Waals surface area contributed by atoms with Crippen LogP contribution in [-0.2, 0) is 17.9 Å². The molecule has 0 fully saturated rings. The van der Waals surface area contributed by atoms with E-state index in [2.05, 4.69) is 27.4 Å². The summed E-state index contributed by atoms with van der Waals surface area (Å²) < 4.78 is 1.82. The van der Waals surface area contributed by atoms with Gasteiger partial charge >= 0.3 is 0 Å². The maximum absolute atomic E-state index is 12.5. The molecule has 3 rings (SSSR count). The number of rotatable bonds is 9. The topological polar surface area (TPSA) is 88.9 Å². The largest absolute Gasteiger partial charge is 0.345 e. The third-order valence-electron chi connectivity index (χ3n) is 4.34. The van der Waals surface area contributed by atoms with Crippen LogP contribution in [0.3, 0.4) is 0 Å². The zero-order chi connectivity index (χ0) is 22.2. The van der Waals surface area contributed by atoms with Gasteiger partial charge in [-0.15, -0.1) is 16.8 Å². The molecule has 9 heteroatoms. The van der Waals surface area contributed by atoms with Crippen LogP contribution in [0.4, 0.5) is 5.69 Å². The normalized spacial score (nSPS) is 10.5. The second-order valence-corrected chi connectivity index (χ2v) is 8.02. The van der Waals surface area contributed by atoms with Crippen LogP contribution >= 0.6 is 23.4 Å². The Morgan fingerprint density at radius 3 is 2.74 bits per heavy atom. The number of halogens is 1. The maximum atomic E-state index is 12.5. The van der Waals surface area contributed by atoms with Crippen LogP contribution in [0, 0.1) is 6.92 Å². The predicted octanol–water partition coefficient (Wildman–Crippen LogP) is 4.09. The lowest BCUT2D eigenvalue weighted by Crippen LogP contribution is -2.25. The Bertz CT molecular complexity index is 1100. The number of allylic oxidation sites excluding steroid dienone is 1. The number of nitrogens with one attached hydrogen (secondary N) is 2. The van der Waals surface area contributed by atoms with Gasteiger partial charge in [0, 0.05) is 22.8 Å². The fourth-order valence-corrected chi connectivity index (χ4v) is 3.80. The van der Waals surface area contributed by atoms with Crippen molar-refractivity contribution in [3.05, 3.63) is 83.2 Å². The molecule has 160 valence electrons. The van der Waals surface area contributed by atoms with Crippen LogP contribution in [0.25, 0.3) is 0 Å². The number of amides is 2. The zero-order valence-corrected chi connectivity index (χ0v) is 18.5. The van der Waals surface area contributed by atoms with Gasteiger partial charge < -0.3 is 15.2 Å². The minimum absolute atomic E-state index is 0.150. The molecule has 31 heavy (non-hydrogen) atoms. The molecule has 0 spiro atoms. The van der Waals surface area contributed by atoms with Gasteiger partial charge in [-0.1, -0.05) is 53.7 Å². The number of carbonyl (C=O) groups is 2. The number of benzene rings is 2. The molecule has 2 N–H and O–H groups in total. The van der Waals surface area contributed by atoms with Crippen molar-refractivity contribution in [3.63, 3.8) is 0 Å². The molecule has 7 nitrogen and oxygen atoms in total. The van der Waals surface area contributed by atoms with Gasteiger partial charge in [-0.25, -0.2) is 0 Å². The molecule has 1 aromatic heterocycles. The third-order valence-corrected chi connectivity index (χ3v) is 5.54. The molecule has 0 saturated heterocycles. The molecule has 0 aliphatic heterocycles. The second kappa shape index (κ2) is 10.8. The van der Waals surface area contributed by atoms with Gasteiger partial charge in [-0.2, -0.15) is 0 Å². The van der Waals surface area contributed by atoms with Crippen molar-refractivity contribution in [1.29, 1.82) is 0 Å². The van der Waals surface area contributed by atoms with Gasteiger partial charge in [0.1, 0.15) is 0 Å². The predicted molar refractivity (Wildman–Crippen MR) is 123 cm³/mol. The summed E-state index contributed by atoms with van der Waals surface area (Å²) in [6.45, 7) is 6.32. The Hall–Kier alpha value is -3.10. The number of thioether (sulfide) groups is 1. The summed E-state index contributed by atoms with van der Waals surface area (Å²) in [4.78, 5) is 24.7. The Kier molecular flexibility index (Phi) is 7.86. The van der Waals surface area contributed by atoms with E-state index in [0.29, 0.717) is 33.8 Å². The van der Waals surface area contributed by atoms with Gasteiger partial charge in [0.2, 0.25) is 5.91 Å². The molecule has 0 aliphatic carbocycles. The van der Waals surface area contributed by atoms with Crippen LogP contribution in [-0.4, -0.2) is 32.3 Å². The SMILES string of the molecule is C=CCn1c(CNC(=O)c2ccccc2C)nnc1SCC(=O)Nc1cccc(Cl)c1. The Morgan fingerprint density at radius 2 is 2.00 bits per heavy atom. The average Bonchev–Trinajstić information content (AvgIpc) is 3.13. The van der Waals surface area contributed by atoms with E-state index >= 15 is 0 Å². The number of hydrogen-bond acceptors (Lipinski definition) is 5. The van der Waals surface area contributed by atoms with Crippen molar-refractivity contribution in [2.75, 3.05) is 11.1 Å². The van der Waals surface area contributed by atoms with Crippen molar-refractivity contribution in [2.45, 2.75) is 25.2 Å². The number of aryl methyl sites for hydroxylation is 1. The third kappa shape index (κ3) is 6.19. The fourth-order valence-electron chi connectivity index (χ4n) is 2.84. The quantitative estimate of drug-likeness (QED) is 0.375. The highest BCUT2D eigenvalue weighted by atomic mass is 35.5. The molecular formula is C22H22ClN5O2S. The molecule has 3 aromatic rings. The standard InChI is InChI=1S/C22H22ClN5O2S/c1-3-11-28-19(13-24-21(30)18-10-5-4-7-15(18)2)26-27-22(28)31-14-20(29)25-17-9-6-8-16(23)12-17/h3-10,12H,1,11,13-14H2,2H3,(H,24,30)(H,25,29). The molecule has 2 amide bonds. The molecule has 0 atom stereocenters. The van der Waals surface area contributed by atoms with Gasteiger partial charge in [0.15, 0.2) is 11.0 Å². The van der Waals surface area contributed by atoms with Crippen molar-refractivity contribution >= 4 is 40.9 Å². The highest BCUT2D eigenvalue weighted by molar-refractivity contribution is 7.99. The number of carbonyl (C=O) groups excluding carboxylic acids is 2. The smallest absolute Gasteiger partial charge is 0.251 e. The van der Waals surface area contributed by atoms with Gasteiger partial charge in [0.25, 0.3) is 5.91 Å². The molecule has 0 unspecified atom stereocenters. The fraction of sp³-hybridized carbons (Fsp3) is 0.182. The summed E-state index contributed by atoms with van der Waals surface area (Å²) in [5, 5.41) is 15.1. The summed E-state index contributed by atoms with van der Waals surface area (Å²) >= 11 is 7.20. The first-order valence-corrected chi connectivity index (χ1v) is 10.9. The lowest BCUT2D eigenvalue weighted by atomic mass is 10.1. The lowest BCUT2D eigenvalue weighted by molar-refractivity contribution is -0.113. The first-order valence-electron chi connectivity index (χ1n) is 9.53. The van der Waals surface area contributed by atoms with Crippen molar-refractivity contribution in [2.24, 2.45) is 0 Å². The molecule has 0 radical (unpaired) electrons. The Morgan fingerprint density at radius 1 is 1.19 bits per heavy atom. The van der Waals surface area contributed by atoms with E-state index in [-0.39, 0.29) is 24.1 Å². The molecule has 2 aromatic carbocycles. The van der Waals surface area contributed by atoms with Crippen LogP contribution in [0.1, 0.15) is 21.7 Å². The Labute approximate surface area is 189 Å². The highest BCUT2D eigenvalue weighted by Crippen LogP contribution is 2.19. The number of hydrogen-bond donors (Lipinski definition) is 2. The Balaban J connectivity index is 1.61. The van der Waals surface area contributed by atoms with Crippen molar-refractivity contribution < 1.29 is 9.59 Å². The monoisotopic (exact) mass is 455 g/mol. The maximum Gasteiger partial charge on any atom is 0.251 e. The summed E-state index contributed by atoms with van der Waals surface area (Å²) in [6.07, 6.45) is 1.71. The zero-order valence-electron chi connectivity index (χ0n) is 17.0. The number of anilines is 1. The van der Waals surface area contributed by atoms with Gasteiger partial charge in [0.05, 0.1) is 12.3 Å². The van der Waals surface area contributed by atoms with E-state index < -0.39 is 0 Å². The molecule has 1 heterocycles. The second-order valence-electron chi connectivity index (χ2n) is 6.64. The van der Waals surface area contributed by atoms with Crippen LogP contribution in [0.5, 0.6) is 0 Å². The van der Waals surface area contributed by atoms with E-state index in [1.54, 1.807) is 36.4 Å². The lowest BCUT2D eigenvalue weighted by Gasteiger charge is -2.10. The van der Waals surface area contributed by atoms with E-state index in [1.807, 2.05) is 29.7 Å². The first-order chi connectivity index (χ1) is 15.0. The first kappa shape index (κ1) is 22.6. The van der Waals surface area contributed by atoms with E-state index in [1.165, 1.54) is 11.8 Å².